The average molecular weight is 223 g/mol. The molecule has 3 nitrogen and oxygen atoms in total. The Balaban J connectivity index is 2.09. The van der Waals surface area contributed by atoms with Crippen molar-refractivity contribution in [2.45, 2.75) is 13.0 Å². The Morgan fingerprint density at radius 2 is 2.12 bits per heavy atom. The zero-order valence-corrected chi connectivity index (χ0v) is 9.15. The van der Waals surface area contributed by atoms with Crippen molar-refractivity contribution >= 4 is 5.91 Å². The van der Waals surface area contributed by atoms with Gasteiger partial charge < -0.3 is 9.64 Å². The van der Waals surface area contributed by atoms with Crippen molar-refractivity contribution in [3.05, 3.63) is 35.6 Å². The fraction of sp³-hybridized carbons (Fsp3) is 0.417. The molecule has 1 aromatic carbocycles. The quantitative estimate of drug-likeness (QED) is 0.725. The molecule has 86 valence electrons. The topological polar surface area (TPSA) is 29.5 Å². The van der Waals surface area contributed by atoms with Crippen LogP contribution in [0.3, 0.4) is 0 Å². The number of benzene rings is 1. The lowest BCUT2D eigenvalue weighted by Crippen LogP contribution is -2.44. The summed E-state index contributed by atoms with van der Waals surface area (Å²) in [5.74, 6) is -0.387. The molecule has 1 aliphatic heterocycles. The van der Waals surface area contributed by atoms with Crippen LogP contribution in [0.25, 0.3) is 0 Å². The molecule has 1 aliphatic rings. The van der Waals surface area contributed by atoms with Crippen molar-refractivity contribution in [3.63, 3.8) is 0 Å². The third-order valence-electron chi connectivity index (χ3n) is 2.62. The van der Waals surface area contributed by atoms with Crippen molar-refractivity contribution in [3.8, 4) is 0 Å². The second-order valence-electron chi connectivity index (χ2n) is 3.94. The van der Waals surface area contributed by atoms with Crippen LogP contribution < -0.4 is 0 Å². The highest BCUT2D eigenvalue weighted by Gasteiger charge is 2.22. The summed E-state index contributed by atoms with van der Waals surface area (Å²) in [7, 11) is 0. The van der Waals surface area contributed by atoms with E-state index in [1.54, 1.807) is 4.90 Å². The van der Waals surface area contributed by atoms with Gasteiger partial charge in [-0.05, 0) is 31.2 Å². The lowest BCUT2D eigenvalue weighted by Gasteiger charge is -2.31. The van der Waals surface area contributed by atoms with E-state index in [2.05, 4.69) is 0 Å². The molecule has 1 amide bonds. The minimum Gasteiger partial charge on any atom is -0.375 e. The maximum atomic E-state index is 12.7. The summed E-state index contributed by atoms with van der Waals surface area (Å²) in [5, 5.41) is 0. The molecule has 16 heavy (non-hydrogen) atoms. The molecule has 0 N–H and O–H groups in total. The monoisotopic (exact) mass is 223 g/mol. The van der Waals surface area contributed by atoms with Gasteiger partial charge >= 0.3 is 0 Å². The first-order valence-corrected chi connectivity index (χ1v) is 5.33. The first kappa shape index (κ1) is 11.1. The fourth-order valence-electron chi connectivity index (χ4n) is 1.78. The summed E-state index contributed by atoms with van der Waals surface area (Å²) in [6, 6.07) is 5.63. The molecule has 1 saturated heterocycles. The standard InChI is InChI=1S/C12H14FNO2/c1-9-8-14(6-7-16-9)12(15)10-2-4-11(13)5-3-10/h2-5,9H,6-8H2,1H3. The number of carbonyl (C=O) groups is 1. The number of ether oxygens (including phenoxy) is 1. The zero-order chi connectivity index (χ0) is 11.5. The second kappa shape index (κ2) is 4.61. The molecular formula is C12H14FNO2. The maximum Gasteiger partial charge on any atom is 0.254 e. The molecule has 1 fully saturated rings. The van der Waals surface area contributed by atoms with Crippen LogP contribution in [0.5, 0.6) is 0 Å². The molecule has 0 aliphatic carbocycles. The predicted molar refractivity (Wildman–Crippen MR) is 57.7 cm³/mol. The van der Waals surface area contributed by atoms with Crippen molar-refractivity contribution in [2.24, 2.45) is 0 Å². The van der Waals surface area contributed by atoms with Gasteiger partial charge in [-0.25, -0.2) is 4.39 Å². The van der Waals surface area contributed by atoms with Crippen molar-refractivity contribution < 1.29 is 13.9 Å². The maximum absolute atomic E-state index is 12.7. The molecule has 4 heteroatoms. The largest absolute Gasteiger partial charge is 0.375 e. The Morgan fingerprint density at radius 1 is 1.44 bits per heavy atom. The van der Waals surface area contributed by atoms with Gasteiger partial charge in [0.15, 0.2) is 0 Å². The average Bonchev–Trinajstić information content (AvgIpc) is 2.29. The van der Waals surface area contributed by atoms with E-state index in [-0.39, 0.29) is 17.8 Å². The van der Waals surface area contributed by atoms with Gasteiger partial charge in [0.05, 0.1) is 12.7 Å². The Labute approximate surface area is 93.8 Å². The highest BCUT2D eigenvalue weighted by Crippen LogP contribution is 2.11. The lowest BCUT2D eigenvalue weighted by atomic mass is 10.1. The molecule has 0 spiro atoms. The number of rotatable bonds is 1. The first-order valence-electron chi connectivity index (χ1n) is 5.33. The summed E-state index contributed by atoms with van der Waals surface area (Å²) < 4.78 is 18.1. The SMILES string of the molecule is CC1CN(C(=O)c2ccc(F)cc2)CCO1. The van der Waals surface area contributed by atoms with E-state index in [4.69, 9.17) is 4.74 Å². The number of carbonyl (C=O) groups excluding carboxylic acids is 1. The first-order chi connectivity index (χ1) is 7.66. The highest BCUT2D eigenvalue weighted by atomic mass is 19.1. The van der Waals surface area contributed by atoms with Crippen LogP contribution in [0.4, 0.5) is 4.39 Å². The van der Waals surface area contributed by atoms with Crippen molar-refractivity contribution in [1.82, 2.24) is 4.90 Å². The molecular weight excluding hydrogens is 209 g/mol. The van der Waals surface area contributed by atoms with Gasteiger partial charge in [0.1, 0.15) is 5.82 Å². The number of amides is 1. The Bertz CT molecular complexity index is 377. The summed E-state index contributed by atoms with van der Waals surface area (Å²) in [4.78, 5) is 13.7. The molecule has 0 radical (unpaired) electrons. The minimum absolute atomic E-state index is 0.0600. The van der Waals surface area contributed by atoms with E-state index in [1.165, 1.54) is 24.3 Å². The molecule has 1 aromatic rings. The predicted octanol–water partition coefficient (Wildman–Crippen LogP) is 1.69. The molecule has 1 unspecified atom stereocenters. The Hall–Kier alpha value is -1.42. The smallest absolute Gasteiger partial charge is 0.254 e. The van der Waals surface area contributed by atoms with Crippen LogP contribution in [0.15, 0.2) is 24.3 Å². The molecule has 0 aromatic heterocycles. The number of hydrogen-bond acceptors (Lipinski definition) is 2. The second-order valence-corrected chi connectivity index (χ2v) is 3.94. The zero-order valence-electron chi connectivity index (χ0n) is 9.15. The van der Waals surface area contributed by atoms with Crippen LogP contribution in [0.1, 0.15) is 17.3 Å². The summed E-state index contributed by atoms with van der Waals surface area (Å²) in [6.45, 7) is 3.69. The summed E-state index contributed by atoms with van der Waals surface area (Å²) in [6.07, 6.45) is 0.0677. The lowest BCUT2D eigenvalue weighted by molar-refractivity contribution is -0.0124. The van der Waals surface area contributed by atoms with Crippen molar-refractivity contribution in [2.75, 3.05) is 19.7 Å². The number of morpholine rings is 1. The normalized spacial score (nSPS) is 20.9. The summed E-state index contributed by atoms with van der Waals surface area (Å²) >= 11 is 0. The van der Waals surface area contributed by atoms with Gasteiger partial charge in [0, 0.05) is 18.7 Å². The van der Waals surface area contributed by atoms with Crippen LogP contribution in [0, 0.1) is 5.82 Å². The van der Waals surface area contributed by atoms with Crippen LogP contribution in [-0.2, 0) is 4.74 Å². The van der Waals surface area contributed by atoms with Gasteiger partial charge in [-0.2, -0.15) is 0 Å². The van der Waals surface area contributed by atoms with Crippen LogP contribution >= 0.6 is 0 Å². The number of nitrogens with zero attached hydrogens (tertiary/aromatic N) is 1. The van der Waals surface area contributed by atoms with Crippen LogP contribution in [0.2, 0.25) is 0 Å². The Morgan fingerprint density at radius 3 is 2.75 bits per heavy atom. The Kier molecular flexibility index (Phi) is 3.19. The van der Waals surface area contributed by atoms with Gasteiger partial charge in [0.25, 0.3) is 5.91 Å². The number of halogens is 1. The van der Waals surface area contributed by atoms with Crippen molar-refractivity contribution in [1.29, 1.82) is 0 Å². The van der Waals surface area contributed by atoms with Gasteiger partial charge in [-0.3, -0.25) is 4.79 Å². The molecule has 0 saturated carbocycles. The highest BCUT2D eigenvalue weighted by molar-refractivity contribution is 5.94. The van der Waals surface area contributed by atoms with E-state index >= 15 is 0 Å². The molecule has 2 rings (SSSR count). The molecule has 1 atom stereocenters. The van der Waals surface area contributed by atoms with Gasteiger partial charge in [0.2, 0.25) is 0 Å². The van der Waals surface area contributed by atoms with Crippen LogP contribution in [-0.4, -0.2) is 36.6 Å². The minimum atomic E-state index is -0.327. The van der Waals surface area contributed by atoms with E-state index in [0.29, 0.717) is 25.3 Å². The third kappa shape index (κ3) is 2.39. The molecule has 0 bridgehead atoms. The van der Waals surface area contributed by atoms with E-state index in [9.17, 15) is 9.18 Å². The fourth-order valence-corrected chi connectivity index (χ4v) is 1.78. The molecule has 1 heterocycles. The van der Waals surface area contributed by atoms with Gasteiger partial charge in [-0.15, -0.1) is 0 Å². The van der Waals surface area contributed by atoms with E-state index < -0.39 is 0 Å². The number of hydrogen-bond donors (Lipinski definition) is 0. The van der Waals surface area contributed by atoms with Gasteiger partial charge in [-0.1, -0.05) is 0 Å². The third-order valence-corrected chi connectivity index (χ3v) is 2.62. The summed E-state index contributed by atoms with van der Waals surface area (Å²) in [5.41, 5.74) is 0.524. The van der Waals surface area contributed by atoms with E-state index in [1.807, 2.05) is 6.92 Å². The van der Waals surface area contributed by atoms with E-state index in [0.717, 1.165) is 0 Å².